The highest BCUT2D eigenvalue weighted by Crippen LogP contribution is 2.18. The van der Waals surface area contributed by atoms with Gasteiger partial charge in [-0.05, 0) is 12.1 Å². The maximum Gasteiger partial charge on any atom is 0.182 e. The number of aldehydes is 1. The number of benzene rings is 1. The van der Waals surface area contributed by atoms with Gasteiger partial charge < -0.3 is 9.64 Å². The molecule has 0 amide bonds. The fourth-order valence-corrected chi connectivity index (χ4v) is 1.07. The van der Waals surface area contributed by atoms with Crippen molar-refractivity contribution < 1.29 is 9.53 Å². The second kappa shape index (κ2) is 5.20. The van der Waals surface area contributed by atoms with E-state index in [4.69, 9.17) is 4.74 Å². The lowest BCUT2D eigenvalue weighted by molar-refractivity contribution is -0.117. The monoisotopic (exact) mass is 205 g/mol. The van der Waals surface area contributed by atoms with Gasteiger partial charge in [-0.25, -0.2) is 0 Å². The van der Waals surface area contributed by atoms with E-state index >= 15 is 0 Å². The molecule has 1 rings (SSSR count). The van der Waals surface area contributed by atoms with Crippen molar-refractivity contribution in [2.45, 2.75) is 6.10 Å². The summed E-state index contributed by atoms with van der Waals surface area (Å²) in [6, 6.07) is 9.33. The number of hydrogen-bond acceptors (Lipinski definition) is 3. The SMILES string of the molecule is C=C(OC(C=O)c1ccccc1)N(C)C. The molecule has 0 heterocycles. The predicted molar refractivity (Wildman–Crippen MR) is 59.2 cm³/mol. The van der Waals surface area contributed by atoms with Gasteiger partial charge in [-0.15, -0.1) is 0 Å². The number of carbonyl (C=O) groups is 1. The van der Waals surface area contributed by atoms with Crippen molar-refractivity contribution in [2.24, 2.45) is 0 Å². The van der Waals surface area contributed by atoms with E-state index in [1.165, 1.54) is 0 Å². The van der Waals surface area contributed by atoms with Crippen LogP contribution in [0.2, 0.25) is 0 Å². The first-order valence-electron chi connectivity index (χ1n) is 4.68. The van der Waals surface area contributed by atoms with Crippen molar-refractivity contribution in [1.29, 1.82) is 0 Å². The summed E-state index contributed by atoms with van der Waals surface area (Å²) in [4.78, 5) is 12.6. The van der Waals surface area contributed by atoms with Crippen molar-refractivity contribution >= 4 is 6.29 Å². The summed E-state index contributed by atoms with van der Waals surface area (Å²) < 4.78 is 5.41. The van der Waals surface area contributed by atoms with Gasteiger partial charge in [0.15, 0.2) is 18.3 Å². The van der Waals surface area contributed by atoms with Gasteiger partial charge in [0, 0.05) is 14.1 Å². The van der Waals surface area contributed by atoms with Gasteiger partial charge in [0.1, 0.15) is 0 Å². The Bertz CT molecular complexity index is 333. The van der Waals surface area contributed by atoms with E-state index in [1.807, 2.05) is 44.4 Å². The van der Waals surface area contributed by atoms with Crippen LogP contribution >= 0.6 is 0 Å². The minimum atomic E-state index is -0.582. The van der Waals surface area contributed by atoms with Crippen molar-refractivity contribution in [3.8, 4) is 0 Å². The third-order valence-corrected chi connectivity index (χ3v) is 2.01. The van der Waals surface area contributed by atoms with Crippen LogP contribution in [-0.2, 0) is 9.53 Å². The molecular weight excluding hydrogens is 190 g/mol. The summed E-state index contributed by atoms with van der Waals surface area (Å²) in [5.74, 6) is 0.468. The molecule has 0 aliphatic carbocycles. The van der Waals surface area contributed by atoms with Crippen LogP contribution in [0, 0.1) is 0 Å². The Balaban J connectivity index is 2.73. The summed E-state index contributed by atoms with van der Waals surface area (Å²) in [5, 5.41) is 0. The molecular formula is C12H15NO2. The summed E-state index contributed by atoms with van der Waals surface area (Å²) in [6.07, 6.45) is 0.186. The number of hydrogen-bond donors (Lipinski definition) is 0. The fraction of sp³-hybridized carbons (Fsp3) is 0.250. The van der Waals surface area contributed by atoms with Gasteiger partial charge in [-0.1, -0.05) is 30.3 Å². The van der Waals surface area contributed by atoms with Crippen LogP contribution < -0.4 is 0 Å². The molecule has 3 nitrogen and oxygen atoms in total. The molecule has 3 heteroatoms. The van der Waals surface area contributed by atoms with Gasteiger partial charge in [0.25, 0.3) is 0 Å². The Hall–Kier alpha value is -1.77. The van der Waals surface area contributed by atoms with Crippen molar-refractivity contribution in [3.05, 3.63) is 48.4 Å². The summed E-state index contributed by atoms with van der Waals surface area (Å²) >= 11 is 0. The number of nitrogens with zero attached hydrogens (tertiary/aromatic N) is 1. The van der Waals surface area contributed by atoms with Crippen LogP contribution in [0.25, 0.3) is 0 Å². The Morgan fingerprint density at radius 3 is 2.47 bits per heavy atom. The predicted octanol–water partition coefficient (Wildman–Crippen LogP) is 1.98. The zero-order valence-electron chi connectivity index (χ0n) is 9.01. The van der Waals surface area contributed by atoms with Crippen molar-refractivity contribution in [2.75, 3.05) is 14.1 Å². The Morgan fingerprint density at radius 1 is 1.40 bits per heavy atom. The molecule has 0 aromatic heterocycles. The molecule has 15 heavy (non-hydrogen) atoms. The van der Waals surface area contributed by atoms with Gasteiger partial charge in [-0.3, -0.25) is 4.79 Å². The molecule has 0 radical (unpaired) electrons. The minimum absolute atomic E-state index is 0.468. The number of carbonyl (C=O) groups excluding carboxylic acids is 1. The highest BCUT2D eigenvalue weighted by atomic mass is 16.5. The largest absolute Gasteiger partial charge is 0.464 e. The minimum Gasteiger partial charge on any atom is -0.464 e. The molecule has 1 aromatic carbocycles. The maximum atomic E-state index is 10.9. The molecule has 1 unspecified atom stereocenters. The van der Waals surface area contributed by atoms with Crippen LogP contribution in [0.4, 0.5) is 0 Å². The van der Waals surface area contributed by atoms with Gasteiger partial charge in [-0.2, -0.15) is 0 Å². The molecule has 0 aliphatic heterocycles. The quantitative estimate of drug-likeness (QED) is 0.543. The van der Waals surface area contributed by atoms with E-state index in [9.17, 15) is 4.79 Å². The Kier molecular flexibility index (Phi) is 3.92. The van der Waals surface area contributed by atoms with Gasteiger partial charge in [0.05, 0.1) is 0 Å². The Labute approximate surface area is 90.0 Å². The third kappa shape index (κ3) is 3.13. The molecule has 1 atom stereocenters. The topological polar surface area (TPSA) is 29.5 Å². The second-order valence-corrected chi connectivity index (χ2v) is 3.37. The summed E-state index contributed by atoms with van der Waals surface area (Å²) in [6.45, 7) is 3.71. The number of rotatable bonds is 5. The third-order valence-electron chi connectivity index (χ3n) is 2.01. The van der Waals surface area contributed by atoms with E-state index in [0.29, 0.717) is 5.88 Å². The summed E-state index contributed by atoms with van der Waals surface area (Å²) in [7, 11) is 3.63. The van der Waals surface area contributed by atoms with E-state index < -0.39 is 6.10 Å². The lowest BCUT2D eigenvalue weighted by atomic mass is 10.1. The van der Waals surface area contributed by atoms with Gasteiger partial charge >= 0.3 is 0 Å². The van der Waals surface area contributed by atoms with E-state index in [2.05, 4.69) is 6.58 Å². The van der Waals surface area contributed by atoms with E-state index in [0.717, 1.165) is 11.8 Å². The first-order valence-corrected chi connectivity index (χ1v) is 4.68. The first-order chi connectivity index (χ1) is 7.15. The van der Waals surface area contributed by atoms with E-state index in [-0.39, 0.29) is 0 Å². The van der Waals surface area contributed by atoms with E-state index in [1.54, 1.807) is 4.90 Å². The second-order valence-electron chi connectivity index (χ2n) is 3.37. The average molecular weight is 205 g/mol. The van der Waals surface area contributed by atoms with Crippen LogP contribution in [0.3, 0.4) is 0 Å². The Morgan fingerprint density at radius 2 is 2.00 bits per heavy atom. The summed E-state index contributed by atoms with van der Waals surface area (Å²) in [5.41, 5.74) is 0.829. The molecule has 0 spiro atoms. The van der Waals surface area contributed by atoms with Crippen LogP contribution in [0.15, 0.2) is 42.8 Å². The van der Waals surface area contributed by atoms with Gasteiger partial charge in [0.2, 0.25) is 0 Å². The van der Waals surface area contributed by atoms with Crippen LogP contribution in [0.5, 0.6) is 0 Å². The number of ether oxygens (including phenoxy) is 1. The molecule has 0 saturated carbocycles. The maximum absolute atomic E-state index is 10.9. The zero-order chi connectivity index (χ0) is 11.3. The van der Waals surface area contributed by atoms with Crippen molar-refractivity contribution in [3.63, 3.8) is 0 Å². The average Bonchev–Trinajstić information content (AvgIpc) is 2.26. The normalized spacial score (nSPS) is 11.6. The molecule has 0 saturated heterocycles. The zero-order valence-corrected chi connectivity index (χ0v) is 9.01. The highest BCUT2D eigenvalue weighted by Gasteiger charge is 2.12. The van der Waals surface area contributed by atoms with Crippen LogP contribution in [-0.4, -0.2) is 25.3 Å². The molecule has 0 N–H and O–H groups in total. The lowest BCUT2D eigenvalue weighted by Gasteiger charge is -2.20. The first kappa shape index (κ1) is 11.3. The highest BCUT2D eigenvalue weighted by molar-refractivity contribution is 5.60. The molecule has 80 valence electrons. The van der Waals surface area contributed by atoms with Crippen molar-refractivity contribution in [1.82, 2.24) is 4.90 Å². The lowest BCUT2D eigenvalue weighted by Crippen LogP contribution is -2.16. The molecule has 0 aliphatic rings. The standard InChI is InChI=1S/C12H15NO2/c1-10(13(2)3)15-12(9-14)11-7-5-4-6-8-11/h4-9,12H,1H2,2-3H3. The van der Waals surface area contributed by atoms with Crippen LogP contribution in [0.1, 0.15) is 11.7 Å². The fourth-order valence-electron chi connectivity index (χ4n) is 1.07. The smallest absolute Gasteiger partial charge is 0.182 e. The molecule has 1 aromatic rings. The molecule has 0 bridgehead atoms. The molecule has 0 fully saturated rings.